The van der Waals surface area contributed by atoms with Gasteiger partial charge in [0.2, 0.25) is 0 Å². The molecule has 4 heteroatoms. The third kappa shape index (κ3) is 11.7. The van der Waals surface area contributed by atoms with Crippen molar-refractivity contribution >= 4 is 5.97 Å². The van der Waals surface area contributed by atoms with E-state index in [1.54, 1.807) is 0 Å². The minimum Gasteiger partial charge on any atom is -0.461 e. The van der Waals surface area contributed by atoms with Crippen molar-refractivity contribution in [2.45, 2.75) is 33.6 Å². The highest BCUT2D eigenvalue weighted by molar-refractivity contribution is 5.69. The number of hydrogen-bond donors (Lipinski definition) is 0. The van der Waals surface area contributed by atoms with Crippen molar-refractivity contribution in [1.29, 1.82) is 0 Å². The smallest absolute Gasteiger partial charge is 0.308 e. The van der Waals surface area contributed by atoms with Crippen molar-refractivity contribution in [2.24, 2.45) is 0 Å². The number of carbonyl (C=O) groups excluding carboxylic acids is 1. The monoisotopic (exact) mass is 270 g/mol. The normalized spacial score (nSPS) is 12.1. The predicted molar refractivity (Wildman–Crippen MR) is 76.1 cm³/mol. The summed E-state index contributed by atoms with van der Waals surface area (Å²) >= 11 is 0. The molecule has 4 nitrogen and oxygen atoms in total. The Bertz CT molecular complexity index is 282. The quantitative estimate of drug-likeness (QED) is 0.329. The van der Waals surface area contributed by atoms with Gasteiger partial charge in [-0.3, -0.25) is 4.79 Å². The van der Waals surface area contributed by atoms with Crippen LogP contribution in [0, 0.1) is 0 Å². The number of hydrogen-bond acceptors (Lipinski definition) is 4. The van der Waals surface area contributed by atoms with Gasteiger partial charge in [0.25, 0.3) is 0 Å². The van der Waals surface area contributed by atoms with E-state index < -0.39 is 0 Å². The van der Waals surface area contributed by atoms with Gasteiger partial charge in [-0.1, -0.05) is 25.2 Å². The van der Waals surface area contributed by atoms with Gasteiger partial charge in [-0.25, -0.2) is 0 Å². The van der Waals surface area contributed by atoms with Crippen LogP contribution in [-0.4, -0.2) is 39.0 Å². The number of rotatable bonds is 11. The summed E-state index contributed by atoms with van der Waals surface area (Å²) in [6.45, 7) is 8.45. The topological polar surface area (TPSA) is 44.8 Å². The molecule has 0 atom stereocenters. The van der Waals surface area contributed by atoms with E-state index in [0.717, 1.165) is 18.6 Å². The molecule has 0 rings (SSSR count). The summed E-state index contributed by atoms with van der Waals surface area (Å²) in [6.07, 6.45) is 7.05. The maximum Gasteiger partial charge on any atom is 0.308 e. The lowest BCUT2D eigenvalue weighted by atomic mass is 10.2. The first-order valence-electron chi connectivity index (χ1n) is 6.83. The Morgan fingerprint density at radius 1 is 1.05 bits per heavy atom. The molecule has 0 aromatic heterocycles. The summed E-state index contributed by atoms with van der Waals surface area (Å²) in [7, 11) is 0. The van der Waals surface area contributed by atoms with Crippen LogP contribution in [0.1, 0.15) is 33.6 Å². The van der Waals surface area contributed by atoms with E-state index in [1.165, 1.54) is 0 Å². The molecule has 0 spiro atoms. The lowest BCUT2D eigenvalue weighted by molar-refractivity contribution is -0.143. The van der Waals surface area contributed by atoms with Crippen LogP contribution in [0.5, 0.6) is 0 Å². The molecule has 0 bridgehead atoms. The van der Waals surface area contributed by atoms with Crippen molar-refractivity contribution in [1.82, 2.24) is 0 Å². The Balaban J connectivity index is 3.49. The second-order valence-corrected chi connectivity index (χ2v) is 4.00. The summed E-state index contributed by atoms with van der Waals surface area (Å²) in [6, 6.07) is 0. The molecule has 0 radical (unpaired) electrons. The van der Waals surface area contributed by atoms with Crippen molar-refractivity contribution in [3.63, 3.8) is 0 Å². The third-order valence-corrected chi connectivity index (χ3v) is 2.32. The van der Waals surface area contributed by atoms with Crippen LogP contribution in [-0.2, 0) is 19.0 Å². The van der Waals surface area contributed by atoms with Crippen molar-refractivity contribution in [3.05, 3.63) is 23.8 Å². The van der Waals surface area contributed by atoms with E-state index in [4.69, 9.17) is 14.2 Å². The van der Waals surface area contributed by atoms with Crippen molar-refractivity contribution < 1.29 is 19.0 Å². The first-order chi connectivity index (χ1) is 9.24. The number of ether oxygens (including phenoxy) is 3. The summed E-state index contributed by atoms with van der Waals surface area (Å²) in [4.78, 5) is 11.4. The molecule has 19 heavy (non-hydrogen) atoms. The highest BCUT2D eigenvalue weighted by Gasteiger charge is 2.03. The number of allylic oxidation sites excluding steroid dienone is 2. The van der Waals surface area contributed by atoms with Gasteiger partial charge in [0, 0.05) is 6.61 Å². The minimum absolute atomic E-state index is 0.238. The van der Waals surface area contributed by atoms with Crippen LogP contribution in [0.4, 0.5) is 0 Å². The van der Waals surface area contributed by atoms with Crippen LogP contribution in [0.3, 0.4) is 0 Å². The van der Waals surface area contributed by atoms with Gasteiger partial charge in [-0.15, -0.1) is 0 Å². The second-order valence-electron chi connectivity index (χ2n) is 4.00. The Morgan fingerprint density at radius 2 is 1.74 bits per heavy atom. The highest BCUT2D eigenvalue weighted by atomic mass is 16.5. The Labute approximate surface area is 116 Å². The summed E-state index contributed by atoms with van der Waals surface area (Å²) in [5, 5.41) is 0. The average molecular weight is 270 g/mol. The molecule has 0 amide bonds. The zero-order valence-corrected chi connectivity index (χ0v) is 12.3. The molecular weight excluding hydrogens is 244 g/mol. The zero-order chi connectivity index (χ0) is 14.3. The molecule has 110 valence electrons. The standard InChI is InChI=1S/C15H26O4/c1-4-7-14(6-3)13-19-15(16)8-10-18-12-11-17-9-5-2/h4,6-7H,5,8-13H2,1-3H3/b7-4-,14-6+. The molecule has 0 aromatic rings. The van der Waals surface area contributed by atoms with Crippen LogP contribution in [0.25, 0.3) is 0 Å². The Hall–Kier alpha value is -1.13. The molecule has 0 saturated heterocycles. The SMILES string of the molecule is C/C=C\C(=C/C)COC(=O)CCOCCOCCC. The molecule has 0 saturated carbocycles. The summed E-state index contributed by atoms with van der Waals surface area (Å²) in [5.74, 6) is -0.238. The van der Waals surface area contributed by atoms with E-state index in [0.29, 0.717) is 26.4 Å². The lowest BCUT2D eigenvalue weighted by Gasteiger charge is -2.06. The predicted octanol–water partition coefficient (Wildman–Crippen LogP) is 2.89. The first kappa shape index (κ1) is 17.9. The van der Waals surface area contributed by atoms with Gasteiger partial charge in [0.05, 0.1) is 26.2 Å². The highest BCUT2D eigenvalue weighted by Crippen LogP contribution is 1.99. The van der Waals surface area contributed by atoms with Gasteiger partial charge >= 0.3 is 5.97 Å². The molecule has 0 fully saturated rings. The summed E-state index contributed by atoms with van der Waals surface area (Å²) in [5.41, 5.74) is 0.990. The fourth-order valence-corrected chi connectivity index (χ4v) is 1.30. The van der Waals surface area contributed by atoms with Crippen LogP contribution in [0.2, 0.25) is 0 Å². The maximum atomic E-state index is 11.4. The van der Waals surface area contributed by atoms with Crippen LogP contribution >= 0.6 is 0 Å². The van der Waals surface area contributed by atoms with Gasteiger partial charge in [-0.05, 0) is 25.8 Å². The maximum absolute atomic E-state index is 11.4. The van der Waals surface area contributed by atoms with Gasteiger partial charge in [0.1, 0.15) is 6.61 Å². The molecule has 0 N–H and O–H groups in total. The number of esters is 1. The van der Waals surface area contributed by atoms with Crippen LogP contribution in [0.15, 0.2) is 23.8 Å². The molecule has 0 aliphatic heterocycles. The zero-order valence-electron chi connectivity index (χ0n) is 12.3. The van der Waals surface area contributed by atoms with Crippen LogP contribution < -0.4 is 0 Å². The van der Waals surface area contributed by atoms with E-state index >= 15 is 0 Å². The molecule has 0 aliphatic rings. The fraction of sp³-hybridized carbons (Fsp3) is 0.667. The van der Waals surface area contributed by atoms with E-state index in [9.17, 15) is 4.79 Å². The number of carbonyl (C=O) groups is 1. The summed E-state index contributed by atoms with van der Waals surface area (Å²) < 4.78 is 15.7. The average Bonchev–Trinajstić information content (AvgIpc) is 2.42. The van der Waals surface area contributed by atoms with E-state index in [1.807, 2.05) is 32.1 Å². The molecule has 0 heterocycles. The van der Waals surface area contributed by atoms with Gasteiger partial charge < -0.3 is 14.2 Å². The van der Waals surface area contributed by atoms with Gasteiger partial charge in [-0.2, -0.15) is 0 Å². The minimum atomic E-state index is -0.238. The van der Waals surface area contributed by atoms with E-state index in [-0.39, 0.29) is 12.4 Å². The molecule has 0 aromatic carbocycles. The lowest BCUT2D eigenvalue weighted by Crippen LogP contribution is -2.12. The molecular formula is C15H26O4. The Kier molecular flexibility index (Phi) is 12.5. The van der Waals surface area contributed by atoms with Crippen molar-refractivity contribution in [3.8, 4) is 0 Å². The molecule has 0 aliphatic carbocycles. The first-order valence-corrected chi connectivity index (χ1v) is 6.83. The fourth-order valence-electron chi connectivity index (χ4n) is 1.30. The largest absolute Gasteiger partial charge is 0.461 e. The third-order valence-electron chi connectivity index (χ3n) is 2.32. The molecule has 0 unspecified atom stereocenters. The Morgan fingerprint density at radius 3 is 2.32 bits per heavy atom. The second kappa shape index (κ2) is 13.3. The van der Waals surface area contributed by atoms with Gasteiger partial charge in [0.15, 0.2) is 0 Å². The van der Waals surface area contributed by atoms with E-state index in [2.05, 4.69) is 6.92 Å². The van der Waals surface area contributed by atoms with Crippen molar-refractivity contribution in [2.75, 3.05) is 33.0 Å².